The summed E-state index contributed by atoms with van der Waals surface area (Å²) in [4.78, 5) is 0. The highest BCUT2D eigenvalue weighted by Crippen LogP contribution is 2.24. The van der Waals surface area contributed by atoms with E-state index in [-0.39, 0.29) is 19.2 Å². The van der Waals surface area contributed by atoms with Gasteiger partial charge in [-0.2, -0.15) is 0 Å². The van der Waals surface area contributed by atoms with E-state index in [0.29, 0.717) is 6.42 Å². The molecule has 1 rings (SSSR count). The highest BCUT2D eigenvalue weighted by Gasteiger charge is 2.09. The van der Waals surface area contributed by atoms with Crippen molar-refractivity contribution < 1.29 is 9.50 Å². The second kappa shape index (κ2) is 6.55. The van der Waals surface area contributed by atoms with E-state index in [0.717, 1.165) is 12.8 Å². The molecule has 0 spiro atoms. The second-order valence-corrected chi connectivity index (χ2v) is 3.45. The molecule has 1 unspecified atom stereocenters. The normalized spacial score (nSPS) is 12.7. The van der Waals surface area contributed by atoms with E-state index in [1.54, 1.807) is 0 Å². The van der Waals surface area contributed by atoms with Gasteiger partial charge in [-0.3, -0.25) is 4.39 Å². The third-order valence-corrected chi connectivity index (χ3v) is 2.44. The molecule has 78 valence electrons. The Bertz CT molecular complexity index is 235. The standard InChI is InChI=1S/C12H17FO/c13-9-8-12(7-4-10-14)11-5-2-1-3-6-11/h1-3,5-6,12,14H,4,7-10H2. The van der Waals surface area contributed by atoms with Crippen LogP contribution in [-0.2, 0) is 0 Å². The number of benzene rings is 1. The van der Waals surface area contributed by atoms with E-state index in [1.807, 2.05) is 30.3 Å². The summed E-state index contributed by atoms with van der Waals surface area (Å²) in [7, 11) is 0. The van der Waals surface area contributed by atoms with Gasteiger partial charge in [0, 0.05) is 6.61 Å². The van der Waals surface area contributed by atoms with Gasteiger partial charge in [0.2, 0.25) is 0 Å². The first-order chi connectivity index (χ1) is 6.88. The Kier molecular flexibility index (Phi) is 5.23. The van der Waals surface area contributed by atoms with Crippen LogP contribution < -0.4 is 0 Å². The fraction of sp³-hybridized carbons (Fsp3) is 0.500. The lowest BCUT2D eigenvalue weighted by atomic mass is 9.92. The SMILES string of the molecule is OCCCC(CCF)c1ccccc1. The molecule has 1 aromatic carbocycles. The van der Waals surface area contributed by atoms with Gasteiger partial charge in [0.25, 0.3) is 0 Å². The fourth-order valence-electron chi connectivity index (χ4n) is 1.67. The number of aliphatic hydroxyl groups excluding tert-OH is 1. The summed E-state index contributed by atoms with van der Waals surface area (Å²) in [5.41, 5.74) is 1.18. The Hall–Kier alpha value is -0.890. The molecule has 1 nitrogen and oxygen atoms in total. The first-order valence-electron chi connectivity index (χ1n) is 5.10. The minimum absolute atomic E-state index is 0.190. The van der Waals surface area contributed by atoms with E-state index in [4.69, 9.17) is 5.11 Å². The Labute approximate surface area is 84.6 Å². The summed E-state index contributed by atoms with van der Waals surface area (Å²) < 4.78 is 12.3. The third kappa shape index (κ3) is 3.46. The van der Waals surface area contributed by atoms with Crippen LogP contribution in [0.15, 0.2) is 30.3 Å². The van der Waals surface area contributed by atoms with Crippen molar-refractivity contribution in [1.82, 2.24) is 0 Å². The van der Waals surface area contributed by atoms with Gasteiger partial charge in [-0.05, 0) is 30.7 Å². The van der Waals surface area contributed by atoms with Gasteiger partial charge < -0.3 is 5.11 Å². The van der Waals surface area contributed by atoms with E-state index in [9.17, 15) is 4.39 Å². The predicted octanol–water partition coefficient (Wildman–Crippen LogP) is 2.90. The average Bonchev–Trinajstić information content (AvgIpc) is 2.25. The molecule has 0 bridgehead atoms. The van der Waals surface area contributed by atoms with Crippen LogP contribution in [0, 0.1) is 0 Å². The maximum atomic E-state index is 12.3. The lowest BCUT2D eigenvalue weighted by Crippen LogP contribution is -2.01. The monoisotopic (exact) mass is 196 g/mol. The van der Waals surface area contributed by atoms with Crippen LogP contribution in [0.25, 0.3) is 0 Å². The summed E-state index contributed by atoms with van der Waals surface area (Å²) >= 11 is 0. The number of rotatable bonds is 6. The highest BCUT2D eigenvalue weighted by molar-refractivity contribution is 5.19. The zero-order valence-corrected chi connectivity index (χ0v) is 8.32. The molecule has 14 heavy (non-hydrogen) atoms. The molecule has 0 aliphatic rings. The van der Waals surface area contributed by atoms with Gasteiger partial charge in [0.05, 0.1) is 6.67 Å². The molecule has 1 aromatic rings. The quantitative estimate of drug-likeness (QED) is 0.741. The van der Waals surface area contributed by atoms with Crippen LogP contribution in [0.2, 0.25) is 0 Å². The average molecular weight is 196 g/mol. The molecular formula is C12H17FO. The molecule has 0 saturated carbocycles. The van der Waals surface area contributed by atoms with E-state index in [1.165, 1.54) is 5.56 Å². The summed E-state index contributed by atoms with van der Waals surface area (Å²) in [6, 6.07) is 9.95. The lowest BCUT2D eigenvalue weighted by molar-refractivity contribution is 0.276. The van der Waals surface area contributed by atoms with Crippen molar-refractivity contribution >= 4 is 0 Å². The molecule has 0 saturated heterocycles. The Morgan fingerprint density at radius 3 is 2.43 bits per heavy atom. The van der Waals surface area contributed by atoms with Crippen LogP contribution in [0.1, 0.15) is 30.7 Å². The Morgan fingerprint density at radius 1 is 1.14 bits per heavy atom. The van der Waals surface area contributed by atoms with Crippen molar-refractivity contribution in [1.29, 1.82) is 0 Å². The second-order valence-electron chi connectivity index (χ2n) is 3.45. The lowest BCUT2D eigenvalue weighted by Gasteiger charge is -2.14. The van der Waals surface area contributed by atoms with Crippen LogP contribution in [0.3, 0.4) is 0 Å². The van der Waals surface area contributed by atoms with Gasteiger partial charge in [-0.25, -0.2) is 0 Å². The predicted molar refractivity (Wildman–Crippen MR) is 56.1 cm³/mol. The molecule has 0 aliphatic heterocycles. The van der Waals surface area contributed by atoms with E-state index >= 15 is 0 Å². The number of alkyl halides is 1. The van der Waals surface area contributed by atoms with Crippen LogP contribution in [0.4, 0.5) is 4.39 Å². The number of hydrogen-bond acceptors (Lipinski definition) is 1. The summed E-state index contributed by atoms with van der Waals surface area (Å²) in [6.07, 6.45) is 2.17. The van der Waals surface area contributed by atoms with Crippen molar-refractivity contribution in [3.05, 3.63) is 35.9 Å². The van der Waals surface area contributed by atoms with E-state index in [2.05, 4.69) is 0 Å². The summed E-state index contributed by atoms with van der Waals surface area (Å²) in [5.74, 6) is 0.258. The number of aliphatic hydroxyl groups is 1. The molecule has 1 atom stereocenters. The molecule has 2 heteroatoms. The highest BCUT2D eigenvalue weighted by atomic mass is 19.1. The van der Waals surface area contributed by atoms with E-state index < -0.39 is 0 Å². The van der Waals surface area contributed by atoms with Crippen molar-refractivity contribution in [2.75, 3.05) is 13.3 Å². The van der Waals surface area contributed by atoms with Crippen molar-refractivity contribution in [3.63, 3.8) is 0 Å². The zero-order valence-electron chi connectivity index (χ0n) is 8.32. The summed E-state index contributed by atoms with van der Waals surface area (Å²) in [5, 5.41) is 8.74. The van der Waals surface area contributed by atoms with Gasteiger partial charge in [-0.15, -0.1) is 0 Å². The van der Waals surface area contributed by atoms with Crippen LogP contribution >= 0.6 is 0 Å². The van der Waals surface area contributed by atoms with Gasteiger partial charge in [0.1, 0.15) is 0 Å². The van der Waals surface area contributed by atoms with Crippen molar-refractivity contribution in [2.24, 2.45) is 0 Å². The first kappa shape index (κ1) is 11.2. The molecular weight excluding hydrogens is 179 g/mol. The molecule has 1 N–H and O–H groups in total. The van der Waals surface area contributed by atoms with Crippen LogP contribution in [-0.4, -0.2) is 18.4 Å². The Morgan fingerprint density at radius 2 is 1.86 bits per heavy atom. The maximum absolute atomic E-state index is 12.3. The fourth-order valence-corrected chi connectivity index (χ4v) is 1.67. The van der Waals surface area contributed by atoms with Gasteiger partial charge >= 0.3 is 0 Å². The van der Waals surface area contributed by atoms with Crippen molar-refractivity contribution in [3.8, 4) is 0 Å². The smallest absolute Gasteiger partial charge is 0.0900 e. The largest absolute Gasteiger partial charge is 0.396 e. The first-order valence-corrected chi connectivity index (χ1v) is 5.10. The van der Waals surface area contributed by atoms with Gasteiger partial charge in [0.15, 0.2) is 0 Å². The topological polar surface area (TPSA) is 20.2 Å². The minimum Gasteiger partial charge on any atom is -0.396 e. The van der Waals surface area contributed by atoms with Gasteiger partial charge in [-0.1, -0.05) is 30.3 Å². The molecule has 0 fully saturated rings. The number of halogens is 1. The Balaban J connectivity index is 2.58. The zero-order chi connectivity index (χ0) is 10.2. The molecule has 0 radical (unpaired) electrons. The van der Waals surface area contributed by atoms with Crippen LogP contribution in [0.5, 0.6) is 0 Å². The minimum atomic E-state index is -0.287. The number of hydrogen-bond donors (Lipinski definition) is 1. The van der Waals surface area contributed by atoms with Crippen molar-refractivity contribution in [2.45, 2.75) is 25.2 Å². The molecule has 0 aliphatic carbocycles. The molecule has 0 heterocycles. The summed E-state index contributed by atoms with van der Waals surface area (Å²) in [6.45, 7) is -0.0966. The molecule has 0 amide bonds. The molecule has 0 aromatic heterocycles. The third-order valence-electron chi connectivity index (χ3n) is 2.44. The maximum Gasteiger partial charge on any atom is 0.0900 e.